The van der Waals surface area contributed by atoms with Crippen molar-refractivity contribution in [2.75, 3.05) is 26.2 Å². The van der Waals surface area contributed by atoms with Gasteiger partial charge in [0.2, 0.25) is 5.91 Å². The van der Waals surface area contributed by atoms with Crippen LogP contribution in [0.3, 0.4) is 0 Å². The van der Waals surface area contributed by atoms with E-state index in [0.717, 1.165) is 18.4 Å². The minimum absolute atomic E-state index is 0.0546. The Labute approximate surface area is 205 Å². The predicted octanol–water partition coefficient (Wildman–Crippen LogP) is 2.96. The van der Waals surface area contributed by atoms with E-state index in [9.17, 15) is 14.4 Å². The third-order valence-electron chi connectivity index (χ3n) is 7.25. The molecule has 2 aromatic rings. The highest BCUT2D eigenvalue weighted by Crippen LogP contribution is 2.41. The van der Waals surface area contributed by atoms with Crippen molar-refractivity contribution in [2.45, 2.75) is 37.3 Å². The van der Waals surface area contributed by atoms with Crippen LogP contribution in [0.2, 0.25) is 0 Å². The highest BCUT2D eigenvalue weighted by atomic mass is 16.5. The number of carbonyl (C=O) groups excluding carboxylic acids is 3. The summed E-state index contributed by atoms with van der Waals surface area (Å²) in [4.78, 5) is 47.3. The lowest BCUT2D eigenvalue weighted by Gasteiger charge is -2.40. The second-order valence-corrected chi connectivity index (χ2v) is 9.35. The number of nitrogens with zero attached hydrogens (tertiary/aromatic N) is 3. The molecule has 3 aliphatic heterocycles. The maximum absolute atomic E-state index is 13.9. The molecule has 3 fully saturated rings. The van der Waals surface area contributed by atoms with E-state index in [2.05, 4.69) is 10.3 Å². The van der Waals surface area contributed by atoms with Gasteiger partial charge in [-0.25, -0.2) is 4.79 Å². The molecule has 0 radical (unpaired) electrons. The summed E-state index contributed by atoms with van der Waals surface area (Å²) in [6.07, 6.45) is 7.87. The smallest absolute Gasteiger partial charge is 0.325 e. The number of hydrogen-bond acceptors (Lipinski definition) is 5. The first kappa shape index (κ1) is 23.2. The Hall–Kier alpha value is -3.52. The van der Waals surface area contributed by atoms with E-state index in [4.69, 9.17) is 4.74 Å². The fourth-order valence-corrected chi connectivity index (χ4v) is 5.38. The van der Waals surface area contributed by atoms with E-state index in [1.54, 1.807) is 29.3 Å². The number of pyridine rings is 1. The molecule has 3 saturated heterocycles. The molecule has 5 rings (SSSR count). The van der Waals surface area contributed by atoms with Crippen molar-refractivity contribution in [1.29, 1.82) is 0 Å². The first-order valence-corrected chi connectivity index (χ1v) is 12.3. The molecule has 8 heteroatoms. The van der Waals surface area contributed by atoms with Crippen molar-refractivity contribution in [3.8, 4) is 0 Å². The number of hydrogen-bond donors (Lipinski definition) is 1. The summed E-state index contributed by atoms with van der Waals surface area (Å²) in [5, 5.41) is 3.02. The summed E-state index contributed by atoms with van der Waals surface area (Å²) in [7, 11) is 0. The van der Waals surface area contributed by atoms with Crippen LogP contribution in [0.1, 0.15) is 36.9 Å². The molecule has 0 bridgehead atoms. The van der Waals surface area contributed by atoms with E-state index in [-0.39, 0.29) is 30.4 Å². The number of piperidine rings is 1. The molecular formula is C27H30N4O4. The summed E-state index contributed by atoms with van der Waals surface area (Å²) in [5.41, 5.74) is 0.281. The third kappa shape index (κ3) is 4.58. The molecule has 182 valence electrons. The van der Waals surface area contributed by atoms with Crippen LogP contribution in [0, 0.1) is 5.92 Å². The fourth-order valence-electron chi connectivity index (χ4n) is 5.38. The number of urea groups is 1. The summed E-state index contributed by atoms with van der Waals surface area (Å²) in [5.74, 6) is -0.503. The Morgan fingerprint density at radius 2 is 1.86 bits per heavy atom. The van der Waals surface area contributed by atoms with Gasteiger partial charge in [0.05, 0.1) is 18.3 Å². The van der Waals surface area contributed by atoms with Crippen LogP contribution >= 0.6 is 0 Å². The second-order valence-electron chi connectivity index (χ2n) is 9.35. The lowest BCUT2D eigenvalue weighted by atomic mass is 9.75. The first-order chi connectivity index (χ1) is 17.1. The van der Waals surface area contributed by atoms with Gasteiger partial charge in [-0.05, 0) is 49.5 Å². The monoisotopic (exact) mass is 474 g/mol. The average molecular weight is 475 g/mol. The Balaban J connectivity index is 1.33. The van der Waals surface area contributed by atoms with Crippen molar-refractivity contribution >= 4 is 23.9 Å². The van der Waals surface area contributed by atoms with Crippen molar-refractivity contribution in [1.82, 2.24) is 20.1 Å². The zero-order chi connectivity index (χ0) is 24.3. The molecule has 0 saturated carbocycles. The van der Waals surface area contributed by atoms with E-state index in [0.29, 0.717) is 38.2 Å². The Bertz CT molecular complexity index is 1090. The van der Waals surface area contributed by atoms with Crippen LogP contribution in [-0.2, 0) is 19.9 Å². The molecule has 2 atom stereocenters. The van der Waals surface area contributed by atoms with Gasteiger partial charge in [0.1, 0.15) is 0 Å². The molecular weight excluding hydrogens is 444 g/mol. The van der Waals surface area contributed by atoms with Crippen molar-refractivity contribution in [3.05, 3.63) is 72.1 Å². The number of carbonyl (C=O) groups is 3. The van der Waals surface area contributed by atoms with Gasteiger partial charge in [0.15, 0.2) is 5.54 Å². The van der Waals surface area contributed by atoms with Crippen LogP contribution in [0.15, 0.2) is 60.8 Å². The molecule has 1 aromatic heterocycles. The molecule has 8 nitrogen and oxygen atoms in total. The summed E-state index contributed by atoms with van der Waals surface area (Å²) >= 11 is 0. The van der Waals surface area contributed by atoms with Gasteiger partial charge in [0, 0.05) is 37.9 Å². The molecule has 0 aliphatic carbocycles. The average Bonchev–Trinajstić information content (AvgIpc) is 3.51. The molecule has 0 spiro atoms. The molecule has 1 N–H and O–H groups in total. The van der Waals surface area contributed by atoms with Crippen molar-refractivity contribution in [3.63, 3.8) is 0 Å². The second kappa shape index (κ2) is 10.00. The maximum atomic E-state index is 13.9. The third-order valence-corrected chi connectivity index (χ3v) is 7.25. The fraction of sp³-hybridized carbons (Fsp3) is 0.407. The quantitative estimate of drug-likeness (QED) is 0.513. The van der Waals surface area contributed by atoms with Gasteiger partial charge in [-0.15, -0.1) is 0 Å². The topological polar surface area (TPSA) is 91.8 Å². The number of imide groups is 1. The van der Waals surface area contributed by atoms with Gasteiger partial charge in [-0.2, -0.15) is 0 Å². The molecule has 3 aliphatic rings. The van der Waals surface area contributed by atoms with E-state index >= 15 is 0 Å². The van der Waals surface area contributed by atoms with E-state index in [1.165, 1.54) is 4.90 Å². The van der Waals surface area contributed by atoms with Crippen molar-refractivity contribution < 1.29 is 19.1 Å². The number of nitrogens with one attached hydrogen (secondary N) is 1. The minimum atomic E-state index is -1.23. The largest absolute Gasteiger partial charge is 0.376 e. The lowest BCUT2D eigenvalue weighted by Crippen LogP contribution is -2.54. The lowest BCUT2D eigenvalue weighted by molar-refractivity contribution is -0.136. The normalized spacial score (nSPS) is 25.4. The number of benzene rings is 1. The number of amides is 4. The minimum Gasteiger partial charge on any atom is -0.376 e. The van der Waals surface area contributed by atoms with Gasteiger partial charge in [-0.3, -0.25) is 19.5 Å². The van der Waals surface area contributed by atoms with Crippen LogP contribution in [0.25, 0.3) is 6.08 Å². The van der Waals surface area contributed by atoms with E-state index in [1.807, 2.05) is 42.5 Å². The van der Waals surface area contributed by atoms with Gasteiger partial charge in [-0.1, -0.05) is 36.4 Å². The Morgan fingerprint density at radius 3 is 2.54 bits per heavy atom. The highest BCUT2D eigenvalue weighted by Gasteiger charge is 2.58. The SMILES string of the molecule is O=C(/C=C/c1ccccc1)N1CCC([C@@]2(c3ccccn3)NC(=O)N(C[C@@H]3CCCO3)C2=O)CC1. The molecule has 4 heterocycles. The molecule has 0 unspecified atom stereocenters. The van der Waals surface area contributed by atoms with Crippen LogP contribution < -0.4 is 5.32 Å². The zero-order valence-electron chi connectivity index (χ0n) is 19.6. The highest BCUT2D eigenvalue weighted by molar-refractivity contribution is 6.07. The predicted molar refractivity (Wildman–Crippen MR) is 130 cm³/mol. The van der Waals surface area contributed by atoms with Crippen molar-refractivity contribution in [2.24, 2.45) is 5.92 Å². The first-order valence-electron chi connectivity index (χ1n) is 12.3. The number of ether oxygens (including phenoxy) is 1. The molecule has 1 aromatic carbocycles. The summed E-state index contributed by atoms with van der Waals surface area (Å²) in [6, 6.07) is 14.7. The van der Waals surface area contributed by atoms with Gasteiger partial charge < -0.3 is 15.0 Å². The molecule has 4 amide bonds. The number of likely N-dealkylation sites (tertiary alicyclic amines) is 1. The maximum Gasteiger partial charge on any atom is 0.325 e. The zero-order valence-corrected chi connectivity index (χ0v) is 19.6. The summed E-state index contributed by atoms with van der Waals surface area (Å²) < 4.78 is 5.69. The van der Waals surface area contributed by atoms with Crippen LogP contribution in [0.4, 0.5) is 4.79 Å². The summed E-state index contributed by atoms with van der Waals surface area (Å²) in [6.45, 7) is 1.92. The molecule has 35 heavy (non-hydrogen) atoms. The Morgan fingerprint density at radius 1 is 1.09 bits per heavy atom. The Kier molecular flexibility index (Phi) is 6.63. The van der Waals surface area contributed by atoms with Gasteiger partial charge in [0.25, 0.3) is 5.91 Å². The van der Waals surface area contributed by atoms with E-state index < -0.39 is 11.6 Å². The van der Waals surface area contributed by atoms with Crippen LogP contribution in [-0.4, -0.2) is 65.0 Å². The van der Waals surface area contributed by atoms with Crippen LogP contribution in [0.5, 0.6) is 0 Å². The number of rotatable bonds is 6. The number of aromatic nitrogens is 1. The van der Waals surface area contributed by atoms with Gasteiger partial charge >= 0.3 is 6.03 Å². The standard InChI is InChI=1S/C27H30N4O4/c32-24(12-11-20-7-2-1-3-8-20)30-16-13-21(14-17-30)27(23-10-4-5-15-28-23)25(33)31(26(34)29-27)19-22-9-6-18-35-22/h1-5,7-8,10-12,15,21-22H,6,9,13-14,16-19H2,(H,29,34)/b12-11+/t22-,27-/m0/s1.